The summed E-state index contributed by atoms with van der Waals surface area (Å²) in [6, 6.07) is 10.2. The molecule has 0 fully saturated rings. The zero-order valence-corrected chi connectivity index (χ0v) is 12.6. The van der Waals surface area contributed by atoms with E-state index in [1.165, 1.54) is 6.07 Å². The first-order valence-electron chi connectivity index (χ1n) is 7.21. The first-order valence-corrected chi connectivity index (χ1v) is 7.21. The van der Waals surface area contributed by atoms with Crippen LogP contribution in [0.15, 0.2) is 47.1 Å². The molecule has 0 saturated carbocycles. The number of benzene rings is 1. The summed E-state index contributed by atoms with van der Waals surface area (Å²) in [5.74, 6) is 2.12. The number of rotatable bonds is 6. The van der Waals surface area contributed by atoms with E-state index in [-0.39, 0.29) is 5.82 Å². The third-order valence-electron chi connectivity index (χ3n) is 3.18. The van der Waals surface area contributed by atoms with Gasteiger partial charge in [-0.15, -0.1) is 0 Å². The fourth-order valence-electron chi connectivity index (χ4n) is 2.08. The van der Waals surface area contributed by atoms with E-state index >= 15 is 0 Å². The normalized spacial score (nSPS) is 10.5. The summed E-state index contributed by atoms with van der Waals surface area (Å²) in [6.07, 6.45) is 2.20. The Hall–Kier alpha value is -2.96. The first kappa shape index (κ1) is 15.0. The van der Waals surface area contributed by atoms with Crippen LogP contribution < -0.4 is 10.6 Å². The molecule has 118 valence electrons. The fraction of sp³-hybridized carbons (Fsp3) is 0.188. The molecule has 23 heavy (non-hydrogen) atoms. The number of aromatic nitrogens is 3. The third-order valence-corrected chi connectivity index (χ3v) is 3.18. The maximum absolute atomic E-state index is 13.5. The predicted octanol–water partition coefficient (Wildman–Crippen LogP) is 3.31. The van der Waals surface area contributed by atoms with E-state index in [4.69, 9.17) is 4.52 Å². The lowest BCUT2D eigenvalue weighted by atomic mass is 10.1. The van der Waals surface area contributed by atoms with E-state index in [1.807, 2.05) is 6.07 Å². The molecular formula is C16H16FN5O. The lowest BCUT2D eigenvalue weighted by molar-refractivity contribution is 0.400. The monoisotopic (exact) mass is 313 g/mol. The number of anilines is 3. The maximum Gasteiger partial charge on any atom is 0.230 e. The van der Waals surface area contributed by atoms with Crippen molar-refractivity contribution in [3.63, 3.8) is 0 Å². The van der Waals surface area contributed by atoms with Crippen LogP contribution in [-0.4, -0.2) is 21.7 Å². The Morgan fingerprint density at radius 3 is 2.83 bits per heavy atom. The first-order chi connectivity index (χ1) is 11.2. The van der Waals surface area contributed by atoms with Crippen molar-refractivity contribution in [2.45, 2.75) is 13.3 Å². The minimum Gasteiger partial charge on any atom is -0.370 e. The van der Waals surface area contributed by atoms with Gasteiger partial charge in [-0.2, -0.15) is 4.98 Å². The van der Waals surface area contributed by atoms with Gasteiger partial charge < -0.3 is 15.2 Å². The lowest BCUT2D eigenvalue weighted by Gasteiger charge is -2.07. The number of hydrogen-bond acceptors (Lipinski definition) is 6. The molecule has 0 aliphatic rings. The van der Waals surface area contributed by atoms with Gasteiger partial charge in [0.15, 0.2) is 5.82 Å². The molecule has 3 aromatic rings. The van der Waals surface area contributed by atoms with Gasteiger partial charge in [-0.1, -0.05) is 23.4 Å². The van der Waals surface area contributed by atoms with Gasteiger partial charge in [0.25, 0.3) is 0 Å². The number of nitrogens with zero attached hydrogens (tertiary/aromatic N) is 3. The molecule has 2 aromatic heterocycles. The molecule has 0 radical (unpaired) electrons. The van der Waals surface area contributed by atoms with Crippen molar-refractivity contribution in [3.8, 4) is 0 Å². The Kier molecular flexibility index (Phi) is 4.46. The summed E-state index contributed by atoms with van der Waals surface area (Å²) in [6.45, 7) is 2.38. The summed E-state index contributed by atoms with van der Waals surface area (Å²) in [5.41, 5.74) is 0.672. The zero-order chi connectivity index (χ0) is 16.1. The van der Waals surface area contributed by atoms with E-state index in [0.717, 1.165) is 0 Å². The number of halogens is 1. The number of hydrogen-bond donors (Lipinski definition) is 2. The van der Waals surface area contributed by atoms with Crippen LogP contribution in [-0.2, 0) is 6.42 Å². The van der Waals surface area contributed by atoms with Gasteiger partial charge >= 0.3 is 0 Å². The van der Waals surface area contributed by atoms with Crippen LogP contribution >= 0.6 is 0 Å². The van der Waals surface area contributed by atoms with Crippen molar-refractivity contribution < 1.29 is 8.91 Å². The second-order valence-corrected chi connectivity index (χ2v) is 4.98. The van der Waals surface area contributed by atoms with E-state index in [2.05, 4.69) is 25.8 Å². The molecule has 0 aliphatic carbocycles. The maximum atomic E-state index is 13.5. The summed E-state index contributed by atoms with van der Waals surface area (Å²) in [7, 11) is 0. The Morgan fingerprint density at radius 1 is 1.17 bits per heavy atom. The van der Waals surface area contributed by atoms with Crippen LogP contribution in [0.3, 0.4) is 0 Å². The van der Waals surface area contributed by atoms with Gasteiger partial charge in [-0.3, -0.25) is 0 Å². The molecule has 0 bridgehead atoms. The van der Waals surface area contributed by atoms with Gasteiger partial charge in [0.05, 0.1) is 0 Å². The molecule has 6 nitrogen and oxygen atoms in total. The Bertz CT molecular complexity index is 789. The van der Waals surface area contributed by atoms with Gasteiger partial charge in [-0.05, 0) is 31.0 Å². The second-order valence-electron chi connectivity index (χ2n) is 4.98. The minimum absolute atomic E-state index is 0.194. The summed E-state index contributed by atoms with van der Waals surface area (Å²) in [4.78, 5) is 8.44. The smallest absolute Gasteiger partial charge is 0.230 e. The quantitative estimate of drug-likeness (QED) is 0.727. The van der Waals surface area contributed by atoms with E-state index in [9.17, 15) is 4.39 Å². The molecule has 0 spiro atoms. The molecule has 2 heterocycles. The summed E-state index contributed by atoms with van der Waals surface area (Å²) < 4.78 is 18.5. The zero-order valence-electron chi connectivity index (χ0n) is 12.6. The molecule has 7 heteroatoms. The van der Waals surface area contributed by atoms with Gasteiger partial charge in [-0.25, -0.2) is 9.37 Å². The van der Waals surface area contributed by atoms with Gasteiger partial charge in [0.1, 0.15) is 17.4 Å². The Labute approximate surface area is 132 Å². The van der Waals surface area contributed by atoms with Gasteiger partial charge in [0.2, 0.25) is 5.95 Å². The van der Waals surface area contributed by atoms with Crippen molar-refractivity contribution >= 4 is 17.6 Å². The molecule has 3 rings (SSSR count). The molecule has 1 aromatic carbocycles. The fourth-order valence-corrected chi connectivity index (χ4v) is 2.08. The largest absolute Gasteiger partial charge is 0.370 e. The van der Waals surface area contributed by atoms with Crippen LogP contribution in [0.1, 0.15) is 11.3 Å². The highest BCUT2D eigenvalue weighted by molar-refractivity contribution is 5.49. The van der Waals surface area contributed by atoms with Crippen LogP contribution in [0.4, 0.5) is 22.0 Å². The molecule has 0 aliphatic heterocycles. The molecular weight excluding hydrogens is 297 g/mol. The standard InChI is InChI=1S/C16H16FN5O/c1-11-10-15(22-23-11)21-16-19-9-7-14(20-16)18-8-6-12-4-2-3-5-13(12)17/h2-5,7,9-10H,6,8H2,1H3,(H2,18,19,20,21,22). The van der Waals surface area contributed by atoms with Crippen molar-refractivity contribution in [2.24, 2.45) is 0 Å². The SMILES string of the molecule is Cc1cc(Nc2nccc(NCCc3ccccc3F)n2)no1. The van der Waals surface area contributed by atoms with Crippen molar-refractivity contribution in [1.29, 1.82) is 0 Å². The highest BCUT2D eigenvalue weighted by Crippen LogP contribution is 2.14. The molecule has 0 unspecified atom stereocenters. The highest BCUT2D eigenvalue weighted by atomic mass is 19.1. The van der Waals surface area contributed by atoms with Crippen LogP contribution in [0.5, 0.6) is 0 Å². The average Bonchev–Trinajstić information content (AvgIpc) is 2.95. The van der Waals surface area contributed by atoms with Crippen molar-refractivity contribution in [2.75, 3.05) is 17.2 Å². The molecule has 0 atom stereocenters. The van der Waals surface area contributed by atoms with Gasteiger partial charge in [0, 0.05) is 18.8 Å². The van der Waals surface area contributed by atoms with Crippen LogP contribution in [0, 0.1) is 12.7 Å². The van der Waals surface area contributed by atoms with E-state index in [0.29, 0.717) is 41.9 Å². The Balaban J connectivity index is 1.58. The van der Waals surface area contributed by atoms with E-state index < -0.39 is 0 Å². The molecule has 0 amide bonds. The number of nitrogens with one attached hydrogen (secondary N) is 2. The predicted molar refractivity (Wildman–Crippen MR) is 85.1 cm³/mol. The van der Waals surface area contributed by atoms with Crippen molar-refractivity contribution in [1.82, 2.24) is 15.1 Å². The number of aryl methyl sites for hydroxylation is 1. The summed E-state index contributed by atoms with van der Waals surface area (Å²) in [5, 5.41) is 9.93. The van der Waals surface area contributed by atoms with E-state index in [1.54, 1.807) is 37.4 Å². The van der Waals surface area contributed by atoms with Crippen molar-refractivity contribution in [3.05, 3.63) is 59.7 Å². The average molecular weight is 313 g/mol. The minimum atomic E-state index is -0.194. The van der Waals surface area contributed by atoms with Crippen LogP contribution in [0.25, 0.3) is 0 Å². The molecule has 0 saturated heterocycles. The summed E-state index contributed by atoms with van der Waals surface area (Å²) >= 11 is 0. The topological polar surface area (TPSA) is 75.9 Å². The second kappa shape index (κ2) is 6.87. The van der Waals surface area contributed by atoms with Crippen LogP contribution in [0.2, 0.25) is 0 Å². The Morgan fingerprint density at radius 2 is 2.04 bits per heavy atom. The molecule has 2 N–H and O–H groups in total. The lowest BCUT2D eigenvalue weighted by Crippen LogP contribution is -2.08. The third kappa shape index (κ3) is 4.03. The highest BCUT2D eigenvalue weighted by Gasteiger charge is 2.04.